The summed E-state index contributed by atoms with van der Waals surface area (Å²) in [5, 5.41) is 5.08. The van der Waals surface area contributed by atoms with Gasteiger partial charge >= 0.3 is 0 Å². The second kappa shape index (κ2) is 7.72. The van der Waals surface area contributed by atoms with Gasteiger partial charge in [-0.1, -0.05) is 26.2 Å². The summed E-state index contributed by atoms with van der Waals surface area (Å²) in [6.07, 6.45) is 6.09. The number of nitrogens with zero attached hydrogens (tertiary/aromatic N) is 1. The standard InChI is InChI=1S/C15H26N2O2S2/c1-3-16-11-14-15(9-10-20-14)21(18,19)17(2)12-13-7-5-4-6-8-13/h9-10,13,16H,3-8,11-12H2,1-2H3. The SMILES string of the molecule is CCNCc1sccc1S(=O)(=O)N(C)CC1CCCCC1. The Labute approximate surface area is 132 Å². The predicted molar refractivity (Wildman–Crippen MR) is 88.1 cm³/mol. The molecule has 0 aromatic carbocycles. The minimum atomic E-state index is -3.35. The van der Waals surface area contributed by atoms with Crippen molar-refractivity contribution in [1.29, 1.82) is 0 Å². The van der Waals surface area contributed by atoms with E-state index < -0.39 is 10.0 Å². The van der Waals surface area contributed by atoms with Gasteiger partial charge in [-0.15, -0.1) is 11.3 Å². The van der Waals surface area contributed by atoms with Crippen LogP contribution in [0.15, 0.2) is 16.3 Å². The molecule has 0 atom stereocenters. The maximum atomic E-state index is 12.8. The first-order chi connectivity index (χ1) is 10.1. The second-order valence-corrected chi connectivity index (χ2v) is 8.79. The maximum absolute atomic E-state index is 12.8. The summed E-state index contributed by atoms with van der Waals surface area (Å²) >= 11 is 1.51. The fraction of sp³-hybridized carbons (Fsp3) is 0.733. The van der Waals surface area contributed by atoms with Gasteiger partial charge in [0.15, 0.2) is 0 Å². The van der Waals surface area contributed by atoms with Gasteiger partial charge in [-0.25, -0.2) is 12.7 Å². The van der Waals surface area contributed by atoms with E-state index in [1.807, 2.05) is 12.3 Å². The topological polar surface area (TPSA) is 49.4 Å². The van der Waals surface area contributed by atoms with E-state index in [1.54, 1.807) is 17.4 Å². The highest BCUT2D eigenvalue weighted by Gasteiger charge is 2.27. The van der Waals surface area contributed by atoms with Crippen LogP contribution in [0.25, 0.3) is 0 Å². The number of thiophene rings is 1. The van der Waals surface area contributed by atoms with Crippen LogP contribution in [0.5, 0.6) is 0 Å². The van der Waals surface area contributed by atoms with Crippen molar-refractivity contribution >= 4 is 21.4 Å². The van der Waals surface area contributed by atoms with Crippen molar-refractivity contribution < 1.29 is 8.42 Å². The highest BCUT2D eigenvalue weighted by molar-refractivity contribution is 7.89. The zero-order chi connectivity index (χ0) is 15.3. The molecule has 1 aromatic heterocycles. The molecule has 1 fully saturated rings. The van der Waals surface area contributed by atoms with Gasteiger partial charge in [-0.2, -0.15) is 0 Å². The van der Waals surface area contributed by atoms with Gasteiger partial charge in [0.05, 0.1) is 4.90 Å². The molecule has 1 aliphatic rings. The van der Waals surface area contributed by atoms with Crippen molar-refractivity contribution in [2.75, 3.05) is 20.1 Å². The summed E-state index contributed by atoms with van der Waals surface area (Å²) in [5.74, 6) is 0.523. The van der Waals surface area contributed by atoms with E-state index in [2.05, 4.69) is 5.32 Å². The van der Waals surface area contributed by atoms with Crippen molar-refractivity contribution in [3.05, 3.63) is 16.3 Å². The summed E-state index contributed by atoms with van der Waals surface area (Å²) in [6.45, 7) is 4.14. The molecule has 0 saturated heterocycles. The summed E-state index contributed by atoms with van der Waals surface area (Å²) < 4.78 is 27.1. The summed E-state index contributed by atoms with van der Waals surface area (Å²) in [5.41, 5.74) is 0. The molecule has 0 spiro atoms. The van der Waals surface area contributed by atoms with Crippen LogP contribution in [0.3, 0.4) is 0 Å². The molecule has 1 N–H and O–H groups in total. The van der Waals surface area contributed by atoms with Crippen LogP contribution < -0.4 is 5.32 Å². The molecule has 4 nitrogen and oxygen atoms in total. The van der Waals surface area contributed by atoms with Crippen LogP contribution >= 0.6 is 11.3 Å². The van der Waals surface area contributed by atoms with Crippen LogP contribution in [0, 0.1) is 5.92 Å². The molecule has 0 aliphatic heterocycles. The Morgan fingerprint density at radius 3 is 2.71 bits per heavy atom. The molecule has 1 aromatic rings. The summed E-state index contributed by atoms with van der Waals surface area (Å²) in [7, 11) is -1.63. The van der Waals surface area contributed by atoms with E-state index in [-0.39, 0.29) is 0 Å². The van der Waals surface area contributed by atoms with Gasteiger partial charge in [0, 0.05) is 25.0 Å². The Morgan fingerprint density at radius 1 is 1.33 bits per heavy atom. The van der Waals surface area contributed by atoms with Gasteiger partial charge in [0.1, 0.15) is 0 Å². The molecule has 21 heavy (non-hydrogen) atoms. The number of nitrogens with one attached hydrogen (secondary N) is 1. The van der Waals surface area contributed by atoms with Crippen LogP contribution in [-0.4, -0.2) is 32.9 Å². The van der Waals surface area contributed by atoms with Crippen molar-refractivity contribution in [2.45, 2.75) is 50.5 Å². The smallest absolute Gasteiger partial charge is 0.243 e. The number of rotatable bonds is 7. The average Bonchev–Trinajstić information content (AvgIpc) is 2.95. The molecule has 2 rings (SSSR count). The predicted octanol–water partition coefficient (Wildman–Crippen LogP) is 3.06. The third kappa shape index (κ3) is 4.28. The first-order valence-electron chi connectivity index (χ1n) is 7.79. The number of sulfonamides is 1. The van der Waals surface area contributed by atoms with Crippen molar-refractivity contribution in [3.8, 4) is 0 Å². The lowest BCUT2D eigenvalue weighted by atomic mass is 9.89. The van der Waals surface area contributed by atoms with Crippen LogP contribution in [0.4, 0.5) is 0 Å². The lowest BCUT2D eigenvalue weighted by Crippen LogP contribution is -2.33. The molecular formula is C15H26N2O2S2. The summed E-state index contributed by atoms with van der Waals surface area (Å²) in [4.78, 5) is 1.39. The minimum Gasteiger partial charge on any atom is -0.312 e. The van der Waals surface area contributed by atoms with Gasteiger partial charge < -0.3 is 5.32 Å². The fourth-order valence-electron chi connectivity index (χ4n) is 2.93. The van der Waals surface area contributed by atoms with Crippen molar-refractivity contribution in [1.82, 2.24) is 9.62 Å². The molecule has 1 aliphatic carbocycles. The Kier molecular flexibility index (Phi) is 6.22. The maximum Gasteiger partial charge on any atom is 0.243 e. The molecule has 0 bridgehead atoms. The lowest BCUT2D eigenvalue weighted by Gasteiger charge is -2.26. The van der Waals surface area contributed by atoms with E-state index >= 15 is 0 Å². The monoisotopic (exact) mass is 330 g/mol. The molecule has 0 radical (unpaired) electrons. The summed E-state index contributed by atoms with van der Waals surface area (Å²) in [6, 6.07) is 1.74. The van der Waals surface area contributed by atoms with E-state index in [4.69, 9.17) is 0 Å². The largest absolute Gasteiger partial charge is 0.312 e. The first kappa shape index (κ1) is 16.9. The third-order valence-electron chi connectivity index (χ3n) is 4.17. The van der Waals surface area contributed by atoms with Crippen LogP contribution in [0.2, 0.25) is 0 Å². The van der Waals surface area contributed by atoms with E-state index in [0.717, 1.165) is 24.3 Å². The van der Waals surface area contributed by atoms with Crippen molar-refractivity contribution in [2.24, 2.45) is 5.92 Å². The fourth-order valence-corrected chi connectivity index (χ4v) is 5.55. The Morgan fingerprint density at radius 2 is 2.05 bits per heavy atom. The average molecular weight is 331 g/mol. The quantitative estimate of drug-likeness (QED) is 0.836. The first-order valence-corrected chi connectivity index (χ1v) is 10.1. The van der Waals surface area contributed by atoms with E-state index in [1.165, 1.54) is 30.6 Å². The zero-order valence-electron chi connectivity index (χ0n) is 13.0. The number of hydrogen-bond donors (Lipinski definition) is 1. The molecule has 1 saturated carbocycles. The normalized spacial score (nSPS) is 17.5. The van der Waals surface area contributed by atoms with E-state index in [9.17, 15) is 8.42 Å². The molecule has 0 unspecified atom stereocenters. The highest BCUT2D eigenvalue weighted by atomic mass is 32.2. The Bertz CT molecular complexity index is 534. The molecule has 6 heteroatoms. The van der Waals surface area contributed by atoms with E-state index in [0.29, 0.717) is 23.9 Å². The zero-order valence-corrected chi connectivity index (χ0v) is 14.6. The third-order valence-corrected chi connectivity index (χ3v) is 7.13. The second-order valence-electron chi connectivity index (χ2n) is 5.78. The van der Waals surface area contributed by atoms with Crippen LogP contribution in [0.1, 0.15) is 43.9 Å². The van der Waals surface area contributed by atoms with Gasteiger partial charge in [0.25, 0.3) is 0 Å². The van der Waals surface area contributed by atoms with Gasteiger partial charge in [-0.05, 0) is 36.8 Å². The van der Waals surface area contributed by atoms with Crippen molar-refractivity contribution in [3.63, 3.8) is 0 Å². The Hall–Kier alpha value is -0.430. The highest BCUT2D eigenvalue weighted by Crippen LogP contribution is 2.28. The molecule has 120 valence electrons. The molecular weight excluding hydrogens is 304 g/mol. The molecule has 1 heterocycles. The van der Waals surface area contributed by atoms with Crippen LogP contribution in [-0.2, 0) is 16.6 Å². The lowest BCUT2D eigenvalue weighted by molar-refractivity contribution is 0.300. The van der Waals surface area contributed by atoms with Gasteiger partial charge in [0.2, 0.25) is 10.0 Å². The number of hydrogen-bond acceptors (Lipinski definition) is 4. The van der Waals surface area contributed by atoms with Gasteiger partial charge in [-0.3, -0.25) is 0 Å². The Balaban J connectivity index is 2.07. The minimum absolute atomic E-state index is 0.478. The molecule has 0 amide bonds.